The van der Waals surface area contributed by atoms with Gasteiger partial charge >= 0.3 is 0 Å². The van der Waals surface area contributed by atoms with Gasteiger partial charge in [0, 0.05) is 47.4 Å². The molecule has 0 aliphatic heterocycles. The summed E-state index contributed by atoms with van der Waals surface area (Å²) in [5, 5.41) is 4.95. The van der Waals surface area contributed by atoms with Gasteiger partial charge < -0.3 is 0 Å². The Balaban J connectivity index is 1.90. The van der Waals surface area contributed by atoms with Crippen molar-refractivity contribution in [3.63, 3.8) is 0 Å². The van der Waals surface area contributed by atoms with Crippen LogP contribution in [0.5, 0.6) is 0 Å². The van der Waals surface area contributed by atoms with Crippen molar-refractivity contribution >= 4 is 34.8 Å². The molecule has 26 heavy (non-hydrogen) atoms. The maximum absolute atomic E-state index is 13.1. The number of nitrogens with zero attached hydrogens (tertiary/aromatic N) is 5. The van der Waals surface area contributed by atoms with E-state index < -0.39 is 0 Å². The van der Waals surface area contributed by atoms with Gasteiger partial charge in [-0.15, -0.1) is 0 Å². The summed E-state index contributed by atoms with van der Waals surface area (Å²) in [4.78, 5) is 21.9. The minimum atomic E-state index is -0.257. The fourth-order valence-corrected chi connectivity index (χ4v) is 3.21. The Kier molecular flexibility index (Phi) is 4.01. The Morgan fingerprint density at radius 2 is 1.88 bits per heavy atom. The number of hydrogen-bond donors (Lipinski definition) is 0. The van der Waals surface area contributed by atoms with Gasteiger partial charge in [-0.3, -0.25) is 13.9 Å². The lowest BCUT2D eigenvalue weighted by Crippen LogP contribution is -2.08. The molecular formula is C18H13Cl2N5O. The first-order valence-electron chi connectivity index (χ1n) is 7.77. The van der Waals surface area contributed by atoms with Gasteiger partial charge in [-0.1, -0.05) is 23.2 Å². The van der Waals surface area contributed by atoms with Crippen LogP contribution in [0.3, 0.4) is 0 Å². The summed E-state index contributed by atoms with van der Waals surface area (Å²) < 4.78 is 3.38. The first-order valence-corrected chi connectivity index (χ1v) is 8.53. The molecule has 6 nitrogen and oxygen atoms in total. The number of hydrogen-bond acceptors (Lipinski definition) is 4. The molecule has 3 aromatic heterocycles. The van der Waals surface area contributed by atoms with E-state index in [4.69, 9.17) is 23.2 Å². The number of rotatable bonds is 3. The molecular weight excluding hydrogens is 373 g/mol. The Morgan fingerprint density at radius 3 is 2.62 bits per heavy atom. The van der Waals surface area contributed by atoms with Gasteiger partial charge in [-0.25, -0.2) is 9.97 Å². The van der Waals surface area contributed by atoms with Crippen LogP contribution in [-0.2, 0) is 7.05 Å². The number of halogens is 2. The zero-order chi connectivity index (χ0) is 18.4. The molecule has 0 saturated carbocycles. The smallest absolute Gasteiger partial charge is 0.234 e. The van der Waals surface area contributed by atoms with E-state index in [0.29, 0.717) is 32.8 Å². The van der Waals surface area contributed by atoms with Crippen LogP contribution in [0.15, 0.2) is 43.0 Å². The maximum Gasteiger partial charge on any atom is 0.234 e. The van der Waals surface area contributed by atoms with Crippen molar-refractivity contribution in [2.75, 3.05) is 0 Å². The van der Waals surface area contributed by atoms with E-state index >= 15 is 0 Å². The highest BCUT2D eigenvalue weighted by atomic mass is 35.5. The van der Waals surface area contributed by atoms with E-state index in [1.807, 2.05) is 19.4 Å². The SMILES string of the molecule is Cc1nc2ncc(-c3cnn(C)c3)cn2c1C(=O)c1cc(Cl)ccc1Cl. The summed E-state index contributed by atoms with van der Waals surface area (Å²) in [5.41, 5.74) is 3.03. The Labute approximate surface area is 159 Å². The highest BCUT2D eigenvalue weighted by molar-refractivity contribution is 6.36. The largest absolute Gasteiger partial charge is 0.287 e. The number of carbonyl (C=O) groups excluding carboxylic acids is 1. The Hall–Kier alpha value is -2.70. The number of aryl methyl sites for hydroxylation is 2. The van der Waals surface area contributed by atoms with Gasteiger partial charge in [0.15, 0.2) is 0 Å². The molecule has 0 N–H and O–H groups in total. The lowest BCUT2D eigenvalue weighted by Gasteiger charge is -2.06. The van der Waals surface area contributed by atoms with Gasteiger partial charge in [0.2, 0.25) is 11.6 Å². The van der Waals surface area contributed by atoms with Crippen LogP contribution in [-0.4, -0.2) is 29.9 Å². The summed E-state index contributed by atoms with van der Waals surface area (Å²) in [6, 6.07) is 4.81. The second-order valence-corrected chi connectivity index (χ2v) is 6.76. The van der Waals surface area contributed by atoms with Gasteiger partial charge in [0.05, 0.1) is 16.9 Å². The number of imidazole rings is 1. The van der Waals surface area contributed by atoms with E-state index in [0.717, 1.165) is 11.1 Å². The molecule has 0 atom stereocenters. The number of aromatic nitrogens is 5. The normalized spacial score (nSPS) is 11.2. The second-order valence-electron chi connectivity index (χ2n) is 5.91. The maximum atomic E-state index is 13.1. The van der Waals surface area contributed by atoms with Crippen molar-refractivity contribution in [1.29, 1.82) is 0 Å². The van der Waals surface area contributed by atoms with Crippen LogP contribution in [0.2, 0.25) is 10.0 Å². The van der Waals surface area contributed by atoms with Crippen LogP contribution in [0.4, 0.5) is 0 Å². The van der Waals surface area contributed by atoms with Gasteiger partial charge in [0.25, 0.3) is 0 Å². The predicted molar refractivity (Wildman–Crippen MR) is 99.8 cm³/mol. The fourth-order valence-electron chi connectivity index (χ4n) is 2.84. The molecule has 0 amide bonds. The van der Waals surface area contributed by atoms with Crippen molar-refractivity contribution in [1.82, 2.24) is 24.1 Å². The molecule has 0 spiro atoms. The summed E-state index contributed by atoms with van der Waals surface area (Å²) in [6.07, 6.45) is 7.15. The van der Waals surface area contributed by atoms with Crippen LogP contribution in [0.1, 0.15) is 21.7 Å². The molecule has 0 unspecified atom stereocenters. The summed E-state index contributed by atoms with van der Waals surface area (Å²) in [6.45, 7) is 1.77. The molecule has 130 valence electrons. The minimum absolute atomic E-state index is 0.257. The first kappa shape index (κ1) is 16.8. The molecule has 8 heteroatoms. The molecule has 1 aromatic carbocycles. The van der Waals surface area contributed by atoms with Gasteiger partial charge in [-0.05, 0) is 25.1 Å². The summed E-state index contributed by atoms with van der Waals surface area (Å²) in [5.74, 6) is 0.185. The van der Waals surface area contributed by atoms with Crippen LogP contribution < -0.4 is 0 Å². The van der Waals surface area contributed by atoms with Crippen molar-refractivity contribution in [3.8, 4) is 11.1 Å². The van der Waals surface area contributed by atoms with E-state index in [-0.39, 0.29) is 5.78 Å². The molecule has 0 fully saturated rings. The van der Waals surface area contributed by atoms with Crippen molar-refractivity contribution < 1.29 is 4.79 Å². The van der Waals surface area contributed by atoms with Crippen LogP contribution >= 0.6 is 23.2 Å². The average molecular weight is 386 g/mol. The van der Waals surface area contributed by atoms with Crippen LogP contribution in [0, 0.1) is 6.92 Å². The highest BCUT2D eigenvalue weighted by Gasteiger charge is 2.22. The lowest BCUT2D eigenvalue weighted by molar-refractivity contribution is 0.103. The summed E-state index contributed by atoms with van der Waals surface area (Å²) >= 11 is 12.2. The molecule has 4 rings (SSSR count). The minimum Gasteiger partial charge on any atom is -0.287 e. The third kappa shape index (κ3) is 2.77. The van der Waals surface area contributed by atoms with Crippen molar-refractivity contribution in [3.05, 3.63) is 70.0 Å². The van der Waals surface area contributed by atoms with E-state index in [9.17, 15) is 4.79 Å². The average Bonchev–Trinajstić information content (AvgIpc) is 3.18. The van der Waals surface area contributed by atoms with Crippen molar-refractivity contribution in [2.45, 2.75) is 6.92 Å². The lowest BCUT2D eigenvalue weighted by atomic mass is 10.1. The van der Waals surface area contributed by atoms with Gasteiger partial charge in [0.1, 0.15) is 5.69 Å². The standard InChI is InChI=1S/C18H13Cl2N5O/c1-10-16(17(26)14-5-13(19)3-4-15(14)20)25-9-11(6-21-18(25)23-10)12-7-22-24(2)8-12/h3-9H,1-2H3. The quantitative estimate of drug-likeness (QED) is 0.500. The van der Waals surface area contributed by atoms with Crippen LogP contribution in [0.25, 0.3) is 16.9 Å². The molecule has 3 heterocycles. The molecule has 0 radical (unpaired) electrons. The second kappa shape index (κ2) is 6.23. The molecule has 0 aliphatic rings. The van der Waals surface area contributed by atoms with Gasteiger partial charge in [-0.2, -0.15) is 5.10 Å². The Bertz CT molecular complexity index is 1160. The first-order chi connectivity index (χ1) is 12.4. The topological polar surface area (TPSA) is 65.1 Å². The zero-order valence-electron chi connectivity index (χ0n) is 13.9. The molecule has 4 aromatic rings. The number of fused-ring (bicyclic) bond motifs is 1. The third-order valence-corrected chi connectivity index (χ3v) is 4.65. The van der Waals surface area contributed by atoms with Crippen molar-refractivity contribution in [2.24, 2.45) is 7.05 Å². The van der Waals surface area contributed by atoms with E-state index in [1.54, 1.807) is 46.6 Å². The number of carbonyl (C=O) groups is 1. The van der Waals surface area contributed by atoms with E-state index in [1.165, 1.54) is 0 Å². The number of benzene rings is 1. The predicted octanol–water partition coefficient (Wildman–Crippen LogP) is 3.98. The third-order valence-electron chi connectivity index (χ3n) is 4.08. The Morgan fingerprint density at radius 1 is 1.12 bits per heavy atom. The van der Waals surface area contributed by atoms with E-state index in [2.05, 4.69) is 15.1 Å². The molecule has 0 saturated heterocycles. The highest BCUT2D eigenvalue weighted by Crippen LogP contribution is 2.26. The summed E-state index contributed by atoms with van der Waals surface area (Å²) in [7, 11) is 1.84. The molecule has 0 bridgehead atoms. The fraction of sp³-hybridized carbons (Fsp3) is 0.111. The monoisotopic (exact) mass is 385 g/mol. The number of ketones is 1. The zero-order valence-corrected chi connectivity index (χ0v) is 15.5. The molecule has 0 aliphatic carbocycles.